The number of aryl methyl sites for hydroxylation is 1. The third-order valence-electron chi connectivity index (χ3n) is 2.31. The Labute approximate surface area is 99.3 Å². The summed E-state index contributed by atoms with van der Waals surface area (Å²) in [5, 5.41) is 8.82. The van der Waals surface area contributed by atoms with Crippen molar-refractivity contribution in [3.8, 4) is 17.7 Å². The van der Waals surface area contributed by atoms with Crippen LogP contribution in [0.5, 0.6) is 11.6 Å². The maximum Gasteiger partial charge on any atom is 0.220 e. The molecule has 0 amide bonds. The summed E-state index contributed by atoms with van der Waals surface area (Å²) in [5.41, 5.74) is 7.12. The Kier molecular flexibility index (Phi) is 2.93. The number of nitrogens with two attached hydrogens (primary N) is 1. The highest BCUT2D eigenvalue weighted by Gasteiger charge is 2.05. The molecule has 0 saturated heterocycles. The van der Waals surface area contributed by atoms with E-state index >= 15 is 0 Å². The van der Waals surface area contributed by atoms with Crippen LogP contribution in [0.4, 0.5) is 5.69 Å². The van der Waals surface area contributed by atoms with Gasteiger partial charge in [-0.05, 0) is 24.6 Å². The van der Waals surface area contributed by atoms with Crippen molar-refractivity contribution in [3.05, 3.63) is 47.7 Å². The average Bonchev–Trinajstić information content (AvgIpc) is 2.34. The molecule has 4 nitrogen and oxygen atoms in total. The van der Waals surface area contributed by atoms with Crippen LogP contribution in [0.1, 0.15) is 11.3 Å². The average molecular weight is 225 g/mol. The molecule has 0 radical (unpaired) electrons. The number of nitriles is 1. The lowest BCUT2D eigenvalue weighted by molar-refractivity contribution is 0.459. The second kappa shape index (κ2) is 4.54. The van der Waals surface area contributed by atoms with Gasteiger partial charge in [-0.3, -0.25) is 0 Å². The van der Waals surface area contributed by atoms with Crippen molar-refractivity contribution in [1.82, 2.24) is 4.98 Å². The van der Waals surface area contributed by atoms with E-state index in [0.29, 0.717) is 17.3 Å². The van der Waals surface area contributed by atoms with Crippen LogP contribution in [0.2, 0.25) is 0 Å². The van der Waals surface area contributed by atoms with Crippen LogP contribution >= 0.6 is 0 Å². The maximum absolute atomic E-state index is 8.82. The van der Waals surface area contributed by atoms with Crippen LogP contribution in [-0.2, 0) is 0 Å². The number of rotatable bonds is 2. The SMILES string of the molecule is Cc1ccccc1Oc1ccc(N)c(C#N)n1. The molecule has 0 aliphatic heterocycles. The zero-order chi connectivity index (χ0) is 12.3. The lowest BCUT2D eigenvalue weighted by atomic mass is 10.2. The topological polar surface area (TPSA) is 71.9 Å². The normalized spacial score (nSPS) is 9.65. The van der Waals surface area contributed by atoms with Crippen LogP contribution in [-0.4, -0.2) is 4.98 Å². The minimum Gasteiger partial charge on any atom is -0.439 e. The van der Waals surface area contributed by atoms with Gasteiger partial charge in [0.25, 0.3) is 0 Å². The number of nitrogen functional groups attached to an aromatic ring is 1. The second-order valence-electron chi connectivity index (χ2n) is 3.57. The number of anilines is 1. The third-order valence-corrected chi connectivity index (χ3v) is 2.31. The minimum absolute atomic E-state index is 0.177. The lowest BCUT2D eigenvalue weighted by Gasteiger charge is -2.07. The summed E-state index contributed by atoms with van der Waals surface area (Å²) in [6.07, 6.45) is 0. The van der Waals surface area contributed by atoms with Gasteiger partial charge in [-0.2, -0.15) is 5.26 Å². The summed E-state index contributed by atoms with van der Waals surface area (Å²) in [4.78, 5) is 4.02. The molecule has 2 aromatic rings. The number of hydrogen-bond acceptors (Lipinski definition) is 4. The fourth-order valence-electron chi connectivity index (χ4n) is 1.38. The van der Waals surface area contributed by atoms with Gasteiger partial charge in [0.15, 0.2) is 5.69 Å². The van der Waals surface area contributed by atoms with Gasteiger partial charge in [-0.25, -0.2) is 4.98 Å². The smallest absolute Gasteiger partial charge is 0.220 e. The van der Waals surface area contributed by atoms with Crippen molar-refractivity contribution in [3.63, 3.8) is 0 Å². The van der Waals surface area contributed by atoms with Crippen LogP contribution in [0.3, 0.4) is 0 Å². The van der Waals surface area contributed by atoms with Gasteiger partial charge >= 0.3 is 0 Å². The molecule has 1 aromatic heterocycles. The molecule has 2 rings (SSSR count). The Bertz CT molecular complexity index is 587. The molecule has 0 bridgehead atoms. The van der Waals surface area contributed by atoms with Crippen molar-refractivity contribution in [2.45, 2.75) is 6.92 Å². The molecule has 84 valence electrons. The Morgan fingerprint density at radius 3 is 2.71 bits per heavy atom. The molecule has 0 atom stereocenters. The van der Waals surface area contributed by atoms with Gasteiger partial charge in [-0.1, -0.05) is 18.2 Å². The molecule has 2 N–H and O–H groups in total. The minimum atomic E-state index is 0.177. The van der Waals surface area contributed by atoms with E-state index in [2.05, 4.69) is 4.98 Å². The van der Waals surface area contributed by atoms with E-state index in [9.17, 15) is 0 Å². The van der Waals surface area contributed by atoms with Crippen molar-refractivity contribution >= 4 is 5.69 Å². The Morgan fingerprint density at radius 2 is 2.00 bits per heavy atom. The number of benzene rings is 1. The standard InChI is InChI=1S/C13H11N3O/c1-9-4-2-3-5-12(9)17-13-7-6-10(15)11(8-14)16-13/h2-7H,15H2,1H3. The van der Waals surface area contributed by atoms with E-state index in [-0.39, 0.29) is 5.69 Å². The number of para-hydroxylation sites is 1. The van der Waals surface area contributed by atoms with Gasteiger partial charge in [0.1, 0.15) is 11.8 Å². The van der Waals surface area contributed by atoms with Crippen LogP contribution < -0.4 is 10.5 Å². The van der Waals surface area contributed by atoms with Gasteiger partial charge in [0.2, 0.25) is 5.88 Å². The van der Waals surface area contributed by atoms with Crippen LogP contribution in [0.25, 0.3) is 0 Å². The summed E-state index contributed by atoms with van der Waals surface area (Å²) in [6.45, 7) is 1.94. The van der Waals surface area contributed by atoms with Crippen molar-refractivity contribution < 1.29 is 4.74 Å². The van der Waals surface area contributed by atoms with Crippen molar-refractivity contribution in [2.75, 3.05) is 5.73 Å². The lowest BCUT2D eigenvalue weighted by Crippen LogP contribution is -1.96. The van der Waals surface area contributed by atoms with Gasteiger partial charge in [0, 0.05) is 6.07 Å². The van der Waals surface area contributed by atoms with Gasteiger partial charge < -0.3 is 10.5 Å². The number of pyridine rings is 1. The highest BCUT2D eigenvalue weighted by molar-refractivity contribution is 5.51. The monoisotopic (exact) mass is 225 g/mol. The molecular weight excluding hydrogens is 214 g/mol. The predicted octanol–water partition coefficient (Wildman–Crippen LogP) is 2.64. The summed E-state index contributed by atoms with van der Waals surface area (Å²) >= 11 is 0. The molecule has 0 aliphatic rings. The molecule has 0 unspecified atom stereocenters. The second-order valence-corrected chi connectivity index (χ2v) is 3.57. The molecule has 0 spiro atoms. The number of ether oxygens (including phenoxy) is 1. The molecule has 4 heteroatoms. The third kappa shape index (κ3) is 2.34. The first kappa shape index (κ1) is 11.0. The highest BCUT2D eigenvalue weighted by Crippen LogP contribution is 2.24. The zero-order valence-corrected chi connectivity index (χ0v) is 9.34. The largest absolute Gasteiger partial charge is 0.439 e. The quantitative estimate of drug-likeness (QED) is 0.852. The van der Waals surface area contributed by atoms with Crippen molar-refractivity contribution in [1.29, 1.82) is 5.26 Å². The van der Waals surface area contributed by atoms with Crippen LogP contribution in [0.15, 0.2) is 36.4 Å². The molecule has 0 saturated carbocycles. The first-order valence-corrected chi connectivity index (χ1v) is 5.11. The number of aromatic nitrogens is 1. The zero-order valence-electron chi connectivity index (χ0n) is 9.34. The van der Waals surface area contributed by atoms with E-state index in [4.69, 9.17) is 15.7 Å². The molecule has 17 heavy (non-hydrogen) atoms. The molecule has 1 heterocycles. The van der Waals surface area contributed by atoms with E-state index in [0.717, 1.165) is 5.56 Å². The molecule has 0 aliphatic carbocycles. The van der Waals surface area contributed by atoms with Crippen molar-refractivity contribution in [2.24, 2.45) is 0 Å². The predicted molar refractivity (Wildman–Crippen MR) is 64.6 cm³/mol. The van der Waals surface area contributed by atoms with Gasteiger partial charge in [0.05, 0.1) is 5.69 Å². The molecular formula is C13H11N3O. The number of hydrogen-bond donors (Lipinski definition) is 1. The summed E-state index contributed by atoms with van der Waals surface area (Å²) in [5.74, 6) is 1.08. The number of nitrogens with zero attached hydrogens (tertiary/aromatic N) is 2. The fraction of sp³-hybridized carbons (Fsp3) is 0.0769. The van der Waals surface area contributed by atoms with Crippen LogP contribution in [0, 0.1) is 18.3 Å². The Morgan fingerprint density at radius 1 is 1.24 bits per heavy atom. The molecule has 0 fully saturated rings. The van der Waals surface area contributed by atoms with E-state index < -0.39 is 0 Å². The summed E-state index contributed by atoms with van der Waals surface area (Å²) in [6, 6.07) is 12.8. The Hall–Kier alpha value is -2.54. The summed E-state index contributed by atoms with van der Waals surface area (Å²) < 4.78 is 5.59. The van der Waals surface area contributed by atoms with E-state index in [1.165, 1.54) is 0 Å². The van der Waals surface area contributed by atoms with Gasteiger partial charge in [-0.15, -0.1) is 0 Å². The van der Waals surface area contributed by atoms with E-state index in [1.54, 1.807) is 12.1 Å². The maximum atomic E-state index is 8.82. The molecule has 1 aromatic carbocycles. The Balaban J connectivity index is 2.32. The summed E-state index contributed by atoms with van der Waals surface area (Å²) in [7, 11) is 0. The fourth-order valence-corrected chi connectivity index (χ4v) is 1.38. The highest BCUT2D eigenvalue weighted by atomic mass is 16.5. The van der Waals surface area contributed by atoms with E-state index in [1.807, 2.05) is 37.3 Å². The first-order chi connectivity index (χ1) is 8.20. The first-order valence-electron chi connectivity index (χ1n) is 5.11.